The van der Waals surface area contributed by atoms with Gasteiger partial charge in [-0.1, -0.05) is 31.4 Å². The predicted molar refractivity (Wildman–Crippen MR) is 115 cm³/mol. The van der Waals surface area contributed by atoms with Crippen molar-refractivity contribution in [3.05, 3.63) is 23.2 Å². The number of carbonyl (C=O) groups excluding carboxylic acids is 2. The van der Waals surface area contributed by atoms with Gasteiger partial charge in [0.15, 0.2) is 6.17 Å². The lowest BCUT2D eigenvalue weighted by atomic mass is 9.85. The van der Waals surface area contributed by atoms with Gasteiger partial charge in [-0.25, -0.2) is 0 Å². The minimum absolute atomic E-state index is 0.00913. The zero-order valence-corrected chi connectivity index (χ0v) is 18.1. The highest BCUT2D eigenvalue weighted by molar-refractivity contribution is 6.31. The Balaban J connectivity index is 1.52. The second kappa shape index (κ2) is 8.71. The van der Waals surface area contributed by atoms with E-state index in [9.17, 15) is 9.59 Å². The highest BCUT2D eigenvalue weighted by Gasteiger charge is 2.50. The Morgan fingerprint density at radius 2 is 2.10 bits per heavy atom. The van der Waals surface area contributed by atoms with Gasteiger partial charge in [0.25, 0.3) is 5.91 Å². The fraction of sp³-hybridized carbons (Fsp3) is 0.571. The first kappa shape index (κ1) is 20.8. The van der Waals surface area contributed by atoms with Crippen LogP contribution in [-0.2, 0) is 9.59 Å². The van der Waals surface area contributed by atoms with Crippen LogP contribution < -0.4 is 15.5 Å². The van der Waals surface area contributed by atoms with Gasteiger partial charge < -0.3 is 19.9 Å². The second-order valence-electron chi connectivity index (χ2n) is 8.00. The Bertz CT molecular complexity index is 861. The lowest BCUT2D eigenvalue weighted by Gasteiger charge is -2.51. The number of amidine groups is 1. The number of fused-ring (bicyclic) bond motifs is 3. The van der Waals surface area contributed by atoms with E-state index in [1.807, 2.05) is 0 Å². The number of nitrogens with one attached hydrogen (secondary N) is 2. The molecule has 0 bridgehead atoms. The lowest BCUT2D eigenvalue weighted by Crippen LogP contribution is -2.69. The van der Waals surface area contributed by atoms with Crippen LogP contribution in [0, 0.1) is 0 Å². The van der Waals surface area contributed by atoms with Crippen molar-refractivity contribution in [1.82, 2.24) is 15.2 Å². The third kappa shape index (κ3) is 3.80. The van der Waals surface area contributed by atoms with E-state index < -0.39 is 6.17 Å². The molecule has 8 nitrogen and oxygen atoms in total. The largest absolute Gasteiger partial charge is 0.495 e. The molecule has 3 aliphatic rings. The van der Waals surface area contributed by atoms with Crippen LogP contribution in [0.2, 0.25) is 5.02 Å². The quantitative estimate of drug-likeness (QED) is 0.720. The highest BCUT2D eigenvalue weighted by Crippen LogP contribution is 2.35. The third-order valence-electron chi connectivity index (χ3n) is 6.08. The van der Waals surface area contributed by atoms with Crippen molar-refractivity contribution in [2.24, 2.45) is 5.10 Å². The predicted octanol–water partition coefficient (Wildman–Crippen LogP) is 2.79. The van der Waals surface area contributed by atoms with Crippen molar-refractivity contribution >= 4 is 34.9 Å². The maximum absolute atomic E-state index is 13.3. The van der Waals surface area contributed by atoms with Gasteiger partial charge in [-0.2, -0.15) is 5.10 Å². The number of nitrogens with zero attached hydrogens (tertiary/aromatic N) is 3. The molecule has 2 fully saturated rings. The number of methoxy groups -OCH3 is 1. The van der Waals surface area contributed by atoms with Crippen LogP contribution in [0.15, 0.2) is 23.3 Å². The van der Waals surface area contributed by atoms with Gasteiger partial charge in [0.1, 0.15) is 18.1 Å². The number of hydrogen-bond acceptors (Lipinski definition) is 6. The highest BCUT2D eigenvalue weighted by atomic mass is 35.5. The van der Waals surface area contributed by atoms with Crippen molar-refractivity contribution in [2.45, 2.75) is 63.7 Å². The van der Waals surface area contributed by atoms with Crippen molar-refractivity contribution in [3.8, 4) is 5.75 Å². The van der Waals surface area contributed by atoms with Gasteiger partial charge in [-0.15, -0.1) is 0 Å². The van der Waals surface area contributed by atoms with E-state index in [0.717, 1.165) is 44.4 Å². The van der Waals surface area contributed by atoms with Gasteiger partial charge in [0.2, 0.25) is 5.91 Å². The smallest absolute Gasteiger partial charge is 0.268 e. The van der Waals surface area contributed by atoms with E-state index in [2.05, 4.69) is 27.7 Å². The molecule has 2 amide bonds. The molecule has 0 radical (unpaired) electrons. The first-order valence-corrected chi connectivity index (χ1v) is 11.0. The van der Waals surface area contributed by atoms with Gasteiger partial charge in [-0.05, 0) is 37.5 Å². The van der Waals surface area contributed by atoms with Gasteiger partial charge in [-0.3, -0.25) is 15.0 Å². The van der Waals surface area contributed by atoms with Crippen molar-refractivity contribution in [2.75, 3.05) is 19.0 Å². The summed E-state index contributed by atoms with van der Waals surface area (Å²) >= 11 is 6.07. The normalized spacial score (nSPS) is 25.2. The molecule has 162 valence electrons. The molecule has 9 heteroatoms. The van der Waals surface area contributed by atoms with Crippen LogP contribution in [-0.4, -0.2) is 59.4 Å². The average molecular weight is 434 g/mol. The number of anilines is 1. The molecule has 1 saturated carbocycles. The SMILES string of the molecule is CCCC1=NNC2C(=O)N(CC(=O)Nc3cc(Cl)ccc3OC)C3CCCCC3N12. The number of rotatable bonds is 6. The van der Waals surface area contributed by atoms with Crippen LogP contribution in [0.3, 0.4) is 0 Å². The molecule has 3 atom stereocenters. The van der Waals surface area contributed by atoms with E-state index in [1.54, 1.807) is 23.1 Å². The molecule has 1 aromatic carbocycles. The Kier molecular flexibility index (Phi) is 6.04. The Morgan fingerprint density at radius 1 is 1.33 bits per heavy atom. The van der Waals surface area contributed by atoms with E-state index >= 15 is 0 Å². The summed E-state index contributed by atoms with van der Waals surface area (Å²) in [5, 5.41) is 7.79. The maximum Gasteiger partial charge on any atom is 0.268 e. The number of ether oxygens (including phenoxy) is 1. The van der Waals surface area contributed by atoms with Crippen molar-refractivity contribution < 1.29 is 14.3 Å². The molecule has 0 spiro atoms. The number of benzene rings is 1. The number of halogens is 1. The number of amides is 2. The molecule has 1 aliphatic carbocycles. The molecule has 2 heterocycles. The fourth-order valence-electron chi connectivity index (χ4n) is 4.79. The van der Waals surface area contributed by atoms with E-state index in [-0.39, 0.29) is 30.4 Å². The summed E-state index contributed by atoms with van der Waals surface area (Å²) in [7, 11) is 1.54. The van der Waals surface area contributed by atoms with Crippen LogP contribution in [0.25, 0.3) is 0 Å². The number of hydrogen-bond donors (Lipinski definition) is 2. The Morgan fingerprint density at radius 3 is 2.83 bits per heavy atom. The number of carbonyl (C=O) groups is 2. The van der Waals surface area contributed by atoms with Crippen molar-refractivity contribution in [1.29, 1.82) is 0 Å². The Hall–Kier alpha value is -2.48. The van der Waals surface area contributed by atoms with Crippen molar-refractivity contribution in [3.63, 3.8) is 0 Å². The lowest BCUT2D eigenvalue weighted by molar-refractivity contribution is -0.151. The zero-order valence-electron chi connectivity index (χ0n) is 17.4. The van der Waals surface area contributed by atoms with Crippen LogP contribution in [0.1, 0.15) is 45.4 Å². The summed E-state index contributed by atoms with van der Waals surface area (Å²) in [5.41, 5.74) is 3.50. The summed E-state index contributed by atoms with van der Waals surface area (Å²) in [4.78, 5) is 30.1. The maximum atomic E-state index is 13.3. The summed E-state index contributed by atoms with van der Waals surface area (Å²) in [6, 6.07) is 5.25. The first-order chi connectivity index (χ1) is 14.5. The second-order valence-corrected chi connectivity index (χ2v) is 8.43. The average Bonchev–Trinajstić information content (AvgIpc) is 3.16. The zero-order chi connectivity index (χ0) is 21.3. The minimum Gasteiger partial charge on any atom is -0.495 e. The molecular weight excluding hydrogens is 406 g/mol. The van der Waals surface area contributed by atoms with Gasteiger partial charge in [0, 0.05) is 11.4 Å². The summed E-state index contributed by atoms with van der Waals surface area (Å²) in [5.74, 6) is 1.12. The molecular formula is C21H28ClN5O3. The third-order valence-corrected chi connectivity index (χ3v) is 6.32. The topological polar surface area (TPSA) is 86.3 Å². The minimum atomic E-state index is -0.514. The first-order valence-electron chi connectivity index (χ1n) is 10.6. The Labute approximate surface area is 181 Å². The van der Waals surface area contributed by atoms with E-state index in [4.69, 9.17) is 16.3 Å². The fourth-order valence-corrected chi connectivity index (χ4v) is 4.96. The van der Waals surface area contributed by atoms with Crippen LogP contribution >= 0.6 is 11.6 Å². The van der Waals surface area contributed by atoms with Gasteiger partial charge >= 0.3 is 0 Å². The number of piperazine rings is 1. The molecule has 30 heavy (non-hydrogen) atoms. The summed E-state index contributed by atoms with van der Waals surface area (Å²) < 4.78 is 5.30. The summed E-state index contributed by atoms with van der Waals surface area (Å²) in [6.07, 6.45) is 5.38. The number of hydrazone groups is 1. The molecule has 1 saturated heterocycles. The molecule has 2 aliphatic heterocycles. The molecule has 2 N–H and O–H groups in total. The van der Waals surface area contributed by atoms with E-state index in [1.165, 1.54) is 7.11 Å². The molecule has 0 aromatic heterocycles. The molecule has 4 rings (SSSR count). The van der Waals surface area contributed by atoms with Gasteiger partial charge in [0.05, 0.1) is 24.9 Å². The van der Waals surface area contributed by atoms with Crippen LogP contribution in [0.4, 0.5) is 5.69 Å². The molecule has 3 unspecified atom stereocenters. The summed E-state index contributed by atoms with van der Waals surface area (Å²) in [6.45, 7) is 2.10. The van der Waals surface area contributed by atoms with E-state index in [0.29, 0.717) is 16.5 Å². The monoisotopic (exact) mass is 433 g/mol. The molecule has 1 aromatic rings. The standard InChI is InChI=1S/C21H28ClN5O3/c1-3-6-18-24-25-20-21(29)26(15-7-4-5-8-16(15)27(18)20)12-19(28)23-14-11-13(22)9-10-17(14)30-2/h9-11,15-16,20,25H,3-8,12H2,1-2H3,(H,23,28). The van der Waals surface area contributed by atoms with Crippen LogP contribution in [0.5, 0.6) is 5.75 Å².